The van der Waals surface area contributed by atoms with Crippen molar-refractivity contribution >= 4 is 27.6 Å². The molecule has 1 heterocycles. The van der Waals surface area contributed by atoms with E-state index in [1.807, 2.05) is 43.3 Å². The molecular formula is C22H18FNO2. The van der Waals surface area contributed by atoms with E-state index in [-0.39, 0.29) is 24.2 Å². The molecule has 0 saturated carbocycles. The molecule has 130 valence electrons. The topological polar surface area (TPSA) is 42.2 Å². The number of furan rings is 1. The van der Waals surface area contributed by atoms with E-state index < -0.39 is 0 Å². The van der Waals surface area contributed by atoms with Crippen LogP contribution in [0.3, 0.4) is 0 Å². The first-order valence-electron chi connectivity index (χ1n) is 8.54. The Hall–Kier alpha value is -3.14. The summed E-state index contributed by atoms with van der Waals surface area (Å²) in [5, 5.41) is 6.13. The largest absolute Gasteiger partial charge is 0.464 e. The SMILES string of the molecule is C[C@H](NC(=O)Cc1coc2ccc3ccccc3c12)c1ccc(F)cc1. The van der Waals surface area contributed by atoms with Crippen molar-refractivity contribution in [2.24, 2.45) is 0 Å². The van der Waals surface area contributed by atoms with Crippen molar-refractivity contribution in [3.05, 3.63) is 83.9 Å². The number of benzene rings is 3. The quantitative estimate of drug-likeness (QED) is 0.555. The minimum absolute atomic E-state index is 0.0996. The summed E-state index contributed by atoms with van der Waals surface area (Å²) >= 11 is 0. The molecule has 1 atom stereocenters. The molecule has 1 aromatic heterocycles. The van der Waals surface area contributed by atoms with Crippen LogP contribution in [0.2, 0.25) is 0 Å². The van der Waals surface area contributed by atoms with Crippen LogP contribution in [-0.2, 0) is 11.2 Å². The van der Waals surface area contributed by atoms with Gasteiger partial charge in [-0.05, 0) is 41.5 Å². The summed E-state index contributed by atoms with van der Waals surface area (Å²) in [6.45, 7) is 1.88. The monoisotopic (exact) mass is 347 g/mol. The molecule has 4 aromatic rings. The lowest BCUT2D eigenvalue weighted by molar-refractivity contribution is -0.121. The number of hydrogen-bond donors (Lipinski definition) is 1. The zero-order valence-corrected chi connectivity index (χ0v) is 14.3. The summed E-state index contributed by atoms with van der Waals surface area (Å²) in [6.07, 6.45) is 1.88. The van der Waals surface area contributed by atoms with Crippen LogP contribution < -0.4 is 5.32 Å². The molecule has 0 unspecified atom stereocenters. The van der Waals surface area contributed by atoms with Crippen molar-refractivity contribution in [1.29, 1.82) is 0 Å². The van der Waals surface area contributed by atoms with Gasteiger partial charge in [0.15, 0.2) is 0 Å². The van der Waals surface area contributed by atoms with E-state index in [0.717, 1.165) is 32.9 Å². The molecule has 0 saturated heterocycles. The van der Waals surface area contributed by atoms with Gasteiger partial charge in [0.25, 0.3) is 0 Å². The van der Waals surface area contributed by atoms with E-state index in [9.17, 15) is 9.18 Å². The van der Waals surface area contributed by atoms with E-state index in [1.165, 1.54) is 12.1 Å². The van der Waals surface area contributed by atoms with Gasteiger partial charge in [0.05, 0.1) is 18.7 Å². The Morgan fingerprint density at radius 1 is 1.08 bits per heavy atom. The van der Waals surface area contributed by atoms with Crippen LogP contribution in [-0.4, -0.2) is 5.91 Å². The zero-order chi connectivity index (χ0) is 18.1. The van der Waals surface area contributed by atoms with Crippen LogP contribution in [0.25, 0.3) is 21.7 Å². The number of halogens is 1. The number of carbonyl (C=O) groups excluding carboxylic acids is 1. The maximum absolute atomic E-state index is 13.0. The summed E-state index contributed by atoms with van der Waals surface area (Å²) < 4.78 is 18.7. The first kappa shape index (κ1) is 16.3. The van der Waals surface area contributed by atoms with Crippen LogP contribution in [0, 0.1) is 5.82 Å². The summed E-state index contributed by atoms with van der Waals surface area (Å²) in [5.41, 5.74) is 2.50. The summed E-state index contributed by atoms with van der Waals surface area (Å²) in [4.78, 5) is 12.5. The molecule has 0 radical (unpaired) electrons. The fraction of sp³-hybridized carbons (Fsp3) is 0.136. The molecule has 4 heteroatoms. The summed E-state index contributed by atoms with van der Waals surface area (Å²) in [7, 11) is 0. The predicted molar refractivity (Wildman–Crippen MR) is 100 cm³/mol. The number of carbonyl (C=O) groups is 1. The van der Waals surface area contributed by atoms with Gasteiger partial charge in [-0.25, -0.2) is 4.39 Å². The normalized spacial score (nSPS) is 12.4. The van der Waals surface area contributed by atoms with Crippen LogP contribution >= 0.6 is 0 Å². The Kier molecular flexibility index (Phi) is 4.17. The molecule has 3 nitrogen and oxygen atoms in total. The number of hydrogen-bond acceptors (Lipinski definition) is 2. The average molecular weight is 347 g/mol. The van der Waals surface area contributed by atoms with Crippen molar-refractivity contribution < 1.29 is 13.6 Å². The van der Waals surface area contributed by atoms with Crippen molar-refractivity contribution in [3.8, 4) is 0 Å². The van der Waals surface area contributed by atoms with Crippen LogP contribution in [0.4, 0.5) is 4.39 Å². The highest BCUT2D eigenvalue weighted by atomic mass is 19.1. The Balaban J connectivity index is 1.58. The van der Waals surface area contributed by atoms with Crippen LogP contribution in [0.15, 0.2) is 71.3 Å². The molecule has 1 amide bonds. The molecule has 1 N–H and O–H groups in total. The van der Waals surface area contributed by atoms with Crippen molar-refractivity contribution in [1.82, 2.24) is 5.32 Å². The minimum atomic E-state index is -0.288. The van der Waals surface area contributed by atoms with Gasteiger partial charge in [-0.1, -0.05) is 42.5 Å². The molecule has 3 aromatic carbocycles. The maximum atomic E-state index is 13.0. The Morgan fingerprint density at radius 2 is 1.85 bits per heavy atom. The van der Waals surface area contributed by atoms with Gasteiger partial charge in [-0.3, -0.25) is 4.79 Å². The van der Waals surface area contributed by atoms with Gasteiger partial charge < -0.3 is 9.73 Å². The highest BCUT2D eigenvalue weighted by Gasteiger charge is 2.15. The first-order chi connectivity index (χ1) is 12.6. The van der Waals surface area contributed by atoms with Crippen molar-refractivity contribution in [3.63, 3.8) is 0 Å². The van der Waals surface area contributed by atoms with Gasteiger partial charge in [-0.2, -0.15) is 0 Å². The molecule has 26 heavy (non-hydrogen) atoms. The summed E-state index contributed by atoms with van der Waals surface area (Å²) in [6, 6.07) is 18.0. The Bertz CT molecular complexity index is 1080. The highest BCUT2D eigenvalue weighted by Crippen LogP contribution is 2.30. The van der Waals surface area contributed by atoms with E-state index in [0.29, 0.717) is 0 Å². The lowest BCUT2D eigenvalue weighted by atomic mass is 10.0. The van der Waals surface area contributed by atoms with Gasteiger partial charge in [-0.15, -0.1) is 0 Å². The van der Waals surface area contributed by atoms with Crippen LogP contribution in [0.5, 0.6) is 0 Å². The maximum Gasteiger partial charge on any atom is 0.225 e. The molecule has 0 bridgehead atoms. The summed E-state index contributed by atoms with van der Waals surface area (Å²) in [5.74, 6) is -0.388. The van der Waals surface area contributed by atoms with Crippen LogP contribution in [0.1, 0.15) is 24.1 Å². The van der Waals surface area contributed by atoms with Gasteiger partial charge >= 0.3 is 0 Å². The second-order valence-corrected chi connectivity index (χ2v) is 6.44. The number of nitrogens with one attached hydrogen (secondary N) is 1. The van der Waals surface area contributed by atoms with Crippen molar-refractivity contribution in [2.75, 3.05) is 0 Å². The Labute approximate surface area is 150 Å². The third-order valence-corrected chi connectivity index (χ3v) is 4.64. The predicted octanol–water partition coefficient (Wildman–Crippen LogP) is 5.15. The fourth-order valence-electron chi connectivity index (χ4n) is 3.30. The molecule has 0 aliphatic rings. The fourth-order valence-corrected chi connectivity index (χ4v) is 3.30. The molecule has 0 spiro atoms. The van der Waals surface area contributed by atoms with E-state index >= 15 is 0 Å². The number of rotatable bonds is 4. The van der Waals surface area contributed by atoms with Crippen molar-refractivity contribution in [2.45, 2.75) is 19.4 Å². The lowest BCUT2D eigenvalue weighted by Crippen LogP contribution is -2.28. The lowest BCUT2D eigenvalue weighted by Gasteiger charge is -2.14. The second kappa shape index (κ2) is 6.64. The molecule has 4 rings (SSSR count). The average Bonchev–Trinajstić information content (AvgIpc) is 3.05. The molecule has 0 aliphatic carbocycles. The van der Waals surface area contributed by atoms with E-state index in [4.69, 9.17) is 4.42 Å². The smallest absolute Gasteiger partial charge is 0.225 e. The first-order valence-corrected chi connectivity index (χ1v) is 8.54. The second-order valence-electron chi connectivity index (χ2n) is 6.44. The van der Waals surface area contributed by atoms with Gasteiger partial charge in [0.2, 0.25) is 5.91 Å². The Morgan fingerprint density at radius 3 is 2.65 bits per heavy atom. The number of amides is 1. The van der Waals surface area contributed by atoms with Gasteiger partial charge in [0, 0.05) is 10.9 Å². The third-order valence-electron chi connectivity index (χ3n) is 4.64. The molecule has 0 aliphatic heterocycles. The molecular weight excluding hydrogens is 329 g/mol. The molecule has 0 fully saturated rings. The third kappa shape index (κ3) is 3.06. The van der Waals surface area contributed by atoms with E-state index in [2.05, 4.69) is 5.32 Å². The highest BCUT2D eigenvalue weighted by molar-refractivity contribution is 6.08. The van der Waals surface area contributed by atoms with Gasteiger partial charge in [0.1, 0.15) is 11.4 Å². The van der Waals surface area contributed by atoms with E-state index in [1.54, 1.807) is 18.4 Å². The standard InChI is InChI=1S/C22H18FNO2/c1-14(15-6-9-18(23)10-7-15)24-21(25)12-17-13-26-20-11-8-16-4-2-3-5-19(16)22(17)20/h2-11,13-14H,12H2,1H3,(H,24,25)/t14-/m0/s1. The number of fused-ring (bicyclic) bond motifs is 3. The zero-order valence-electron chi connectivity index (χ0n) is 14.3. The minimum Gasteiger partial charge on any atom is -0.464 e.